The number of fused-ring (bicyclic) bond motifs is 6. The van der Waals surface area contributed by atoms with Crippen LogP contribution in [0.2, 0.25) is 0 Å². The fourth-order valence-corrected chi connectivity index (χ4v) is 6.17. The summed E-state index contributed by atoms with van der Waals surface area (Å²) in [6, 6.07) is 44.8. The van der Waals surface area contributed by atoms with E-state index in [1.54, 1.807) is 0 Å². The average Bonchev–Trinajstić information content (AvgIpc) is 3.80. The van der Waals surface area contributed by atoms with Gasteiger partial charge in [-0.25, -0.2) is 0 Å². The molecule has 0 radical (unpaired) electrons. The number of aromatic nitrogens is 2. The van der Waals surface area contributed by atoms with Gasteiger partial charge in [0.2, 0.25) is 11.8 Å². The Labute approximate surface area is 245 Å². The summed E-state index contributed by atoms with van der Waals surface area (Å²) in [6.45, 7) is 0. The third kappa shape index (κ3) is 3.65. The first-order valence-electron chi connectivity index (χ1n) is 14.2. The highest BCUT2D eigenvalue weighted by atomic mass is 16.4. The van der Waals surface area contributed by atoms with Crippen molar-refractivity contribution >= 4 is 43.9 Å². The fourth-order valence-electron chi connectivity index (χ4n) is 6.17. The molecule has 0 saturated carbocycles. The third-order valence-corrected chi connectivity index (χ3v) is 8.13. The predicted octanol–water partition coefficient (Wildman–Crippen LogP) is 10.5. The van der Waals surface area contributed by atoms with Gasteiger partial charge in [0.25, 0.3) is 0 Å². The lowest BCUT2D eigenvalue weighted by atomic mass is 9.97. The average molecular weight is 555 g/mol. The molecule has 3 heterocycles. The summed E-state index contributed by atoms with van der Waals surface area (Å²) < 4.78 is 19.1. The molecule has 202 valence electrons. The predicted molar refractivity (Wildman–Crippen MR) is 171 cm³/mol. The van der Waals surface area contributed by atoms with Crippen LogP contribution in [0.25, 0.3) is 89.0 Å². The molecule has 0 fully saturated rings. The summed E-state index contributed by atoms with van der Waals surface area (Å²) in [7, 11) is 0. The molecule has 0 aliphatic carbocycles. The molecule has 0 aliphatic rings. The minimum atomic E-state index is 0.440. The standard InChI is InChI=1S/C38H22N2O3/c1-3-15-31(23(11-1)27-17-9-19-29-25-13-5-7-21-33(25)41-35(27)29)37-39-40-38(43-37)32-16-4-2-12-24(32)28-18-10-20-30-26-14-6-8-22-34(26)42-36(28)30/h1-22H. The van der Waals surface area contributed by atoms with Gasteiger partial charge in [-0.2, -0.15) is 0 Å². The Hall–Kier alpha value is -5.94. The molecule has 0 amide bonds. The normalized spacial score (nSPS) is 11.7. The number of para-hydroxylation sites is 4. The minimum Gasteiger partial charge on any atom is -0.455 e. The van der Waals surface area contributed by atoms with Crippen molar-refractivity contribution in [2.45, 2.75) is 0 Å². The van der Waals surface area contributed by atoms with Gasteiger partial charge in [-0.1, -0.05) is 109 Å². The van der Waals surface area contributed by atoms with Gasteiger partial charge < -0.3 is 13.3 Å². The van der Waals surface area contributed by atoms with Gasteiger partial charge in [-0.3, -0.25) is 0 Å². The summed E-state index contributed by atoms with van der Waals surface area (Å²) in [6.07, 6.45) is 0. The van der Waals surface area contributed by atoms with Gasteiger partial charge >= 0.3 is 0 Å². The first kappa shape index (κ1) is 23.7. The Kier molecular flexibility index (Phi) is 5.13. The van der Waals surface area contributed by atoms with Crippen molar-refractivity contribution in [2.24, 2.45) is 0 Å². The van der Waals surface area contributed by atoms with E-state index in [9.17, 15) is 0 Å². The Morgan fingerprint density at radius 1 is 0.302 bits per heavy atom. The molecule has 9 aromatic rings. The smallest absolute Gasteiger partial charge is 0.248 e. The number of furan rings is 2. The molecule has 0 atom stereocenters. The molecule has 0 aliphatic heterocycles. The van der Waals surface area contributed by atoms with Gasteiger partial charge in [0.1, 0.15) is 22.3 Å². The zero-order valence-corrected chi connectivity index (χ0v) is 22.8. The van der Waals surface area contributed by atoms with Crippen molar-refractivity contribution in [3.63, 3.8) is 0 Å². The first-order valence-corrected chi connectivity index (χ1v) is 14.2. The van der Waals surface area contributed by atoms with Gasteiger partial charge in [-0.15, -0.1) is 10.2 Å². The van der Waals surface area contributed by atoms with Crippen LogP contribution in [0.5, 0.6) is 0 Å². The summed E-state index contributed by atoms with van der Waals surface area (Å²) in [4.78, 5) is 0. The van der Waals surface area contributed by atoms with E-state index in [-0.39, 0.29) is 0 Å². The quantitative estimate of drug-likeness (QED) is 0.216. The van der Waals surface area contributed by atoms with E-state index in [0.717, 1.165) is 77.3 Å². The Bertz CT molecular complexity index is 2310. The zero-order valence-electron chi connectivity index (χ0n) is 22.8. The topological polar surface area (TPSA) is 65.2 Å². The lowest BCUT2D eigenvalue weighted by Crippen LogP contribution is -1.86. The number of rotatable bonds is 4. The minimum absolute atomic E-state index is 0.440. The lowest BCUT2D eigenvalue weighted by molar-refractivity contribution is 0.585. The molecule has 0 bridgehead atoms. The third-order valence-electron chi connectivity index (χ3n) is 8.13. The highest BCUT2D eigenvalue weighted by Gasteiger charge is 2.21. The molecule has 5 nitrogen and oxygen atoms in total. The zero-order chi connectivity index (χ0) is 28.3. The van der Waals surface area contributed by atoms with E-state index >= 15 is 0 Å². The van der Waals surface area contributed by atoms with Crippen LogP contribution in [0.4, 0.5) is 0 Å². The number of nitrogens with zero attached hydrogens (tertiary/aromatic N) is 2. The van der Waals surface area contributed by atoms with Crippen LogP contribution in [0, 0.1) is 0 Å². The molecule has 0 N–H and O–H groups in total. The SMILES string of the molecule is c1ccc(-c2cccc3c2oc2ccccc23)c(-c2nnc(-c3ccccc3-c3cccc4c3oc3ccccc34)o2)c1. The van der Waals surface area contributed by atoms with Crippen LogP contribution < -0.4 is 0 Å². The number of hydrogen-bond donors (Lipinski definition) is 0. The maximum atomic E-state index is 6.44. The maximum absolute atomic E-state index is 6.44. The van der Waals surface area contributed by atoms with Crippen LogP contribution in [0.15, 0.2) is 147 Å². The van der Waals surface area contributed by atoms with Crippen LogP contribution in [0.1, 0.15) is 0 Å². The molecule has 3 aromatic heterocycles. The number of benzene rings is 6. The monoisotopic (exact) mass is 554 g/mol. The largest absolute Gasteiger partial charge is 0.455 e. The molecule has 0 saturated heterocycles. The molecular formula is C38H22N2O3. The van der Waals surface area contributed by atoms with E-state index in [0.29, 0.717) is 11.8 Å². The van der Waals surface area contributed by atoms with Crippen molar-refractivity contribution in [3.8, 4) is 45.2 Å². The summed E-state index contributed by atoms with van der Waals surface area (Å²) in [5.74, 6) is 0.880. The van der Waals surface area contributed by atoms with E-state index in [1.165, 1.54) is 0 Å². The molecular weight excluding hydrogens is 532 g/mol. The Morgan fingerprint density at radius 2 is 0.674 bits per heavy atom. The van der Waals surface area contributed by atoms with Gasteiger partial charge in [0, 0.05) is 43.8 Å². The van der Waals surface area contributed by atoms with Gasteiger partial charge in [0.15, 0.2) is 0 Å². The maximum Gasteiger partial charge on any atom is 0.248 e. The van der Waals surface area contributed by atoms with Crippen LogP contribution in [-0.2, 0) is 0 Å². The van der Waals surface area contributed by atoms with E-state index in [4.69, 9.17) is 13.3 Å². The second-order valence-corrected chi connectivity index (χ2v) is 10.6. The van der Waals surface area contributed by atoms with Gasteiger partial charge in [0.05, 0.1) is 0 Å². The Balaban J connectivity index is 1.18. The first-order chi connectivity index (χ1) is 21.3. The van der Waals surface area contributed by atoms with Gasteiger partial charge in [-0.05, 0) is 35.4 Å². The highest BCUT2D eigenvalue weighted by molar-refractivity contribution is 6.11. The second kappa shape index (κ2) is 9.29. The lowest BCUT2D eigenvalue weighted by Gasteiger charge is -2.08. The second-order valence-electron chi connectivity index (χ2n) is 10.6. The van der Waals surface area contributed by atoms with Crippen LogP contribution in [0.3, 0.4) is 0 Å². The number of hydrogen-bond acceptors (Lipinski definition) is 5. The summed E-state index contributed by atoms with van der Waals surface area (Å²) in [5, 5.41) is 13.4. The molecule has 6 aromatic carbocycles. The fraction of sp³-hybridized carbons (Fsp3) is 0. The van der Waals surface area contributed by atoms with Crippen LogP contribution >= 0.6 is 0 Å². The summed E-state index contributed by atoms with van der Waals surface area (Å²) in [5.41, 5.74) is 8.93. The van der Waals surface area contributed by atoms with Crippen molar-refractivity contribution < 1.29 is 13.3 Å². The molecule has 0 unspecified atom stereocenters. The van der Waals surface area contributed by atoms with Crippen LogP contribution in [-0.4, -0.2) is 10.2 Å². The van der Waals surface area contributed by atoms with E-state index in [1.807, 2.05) is 72.8 Å². The summed E-state index contributed by atoms with van der Waals surface area (Å²) >= 11 is 0. The van der Waals surface area contributed by atoms with Crippen molar-refractivity contribution in [1.82, 2.24) is 10.2 Å². The highest BCUT2D eigenvalue weighted by Crippen LogP contribution is 2.42. The molecule has 0 spiro atoms. The molecule has 43 heavy (non-hydrogen) atoms. The Morgan fingerprint density at radius 3 is 1.16 bits per heavy atom. The van der Waals surface area contributed by atoms with E-state index < -0.39 is 0 Å². The molecule has 9 rings (SSSR count). The van der Waals surface area contributed by atoms with Crippen molar-refractivity contribution in [1.29, 1.82) is 0 Å². The van der Waals surface area contributed by atoms with E-state index in [2.05, 4.69) is 70.9 Å². The van der Waals surface area contributed by atoms with Crippen molar-refractivity contribution in [2.75, 3.05) is 0 Å². The molecule has 5 heteroatoms. The van der Waals surface area contributed by atoms with Crippen molar-refractivity contribution in [3.05, 3.63) is 133 Å².